The number of carbonyl (C=O) groups excluding carboxylic acids is 2. The molecule has 1 fully saturated rings. The maximum absolute atomic E-state index is 11.0. The van der Waals surface area contributed by atoms with Gasteiger partial charge in [0.2, 0.25) is 5.91 Å². The fraction of sp³-hybridized carbons (Fsp3) is 0.833. The zero-order chi connectivity index (χ0) is 12.7. The monoisotopic (exact) mass is 242 g/mol. The summed E-state index contributed by atoms with van der Waals surface area (Å²) >= 11 is 0. The van der Waals surface area contributed by atoms with Crippen LogP contribution >= 0.6 is 0 Å². The molecule has 0 radical (unpaired) electrons. The molecular formula is C12H22N2O3. The Balaban J connectivity index is 2.13. The van der Waals surface area contributed by atoms with E-state index in [1.165, 1.54) is 14.0 Å². The van der Waals surface area contributed by atoms with Crippen LogP contribution in [-0.2, 0) is 14.3 Å². The third kappa shape index (κ3) is 5.68. The smallest absolute Gasteiger partial charge is 0.305 e. The number of hydrogen-bond donors (Lipinski definition) is 2. The van der Waals surface area contributed by atoms with Crippen LogP contribution in [0.5, 0.6) is 0 Å². The third-order valence-corrected chi connectivity index (χ3v) is 3.28. The van der Waals surface area contributed by atoms with E-state index in [-0.39, 0.29) is 11.9 Å². The van der Waals surface area contributed by atoms with Crippen LogP contribution in [-0.4, -0.2) is 25.0 Å². The average Bonchev–Trinajstić information content (AvgIpc) is 2.34. The first-order valence-electron chi connectivity index (χ1n) is 6.20. The van der Waals surface area contributed by atoms with E-state index in [0.717, 1.165) is 32.1 Å². The summed E-state index contributed by atoms with van der Waals surface area (Å²) in [5, 5.41) is 0. The lowest BCUT2D eigenvalue weighted by atomic mass is 9.83. The lowest BCUT2D eigenvalue weighted by Crippen LogP contribution is -2.44. The van der Waals surface area contributed by atoms with Gasteiger partial charge in [0, 0.05) is 19.4 Å². The quantitative estimate of drug-likeness (QED) is 0.560. The van der Waals surface area contributed by atoms with Gasteiger partial charge in [0.25, 0.3) is 0 Å². The SMILES string of the molecule is COC(=O)CCC1CCC(NNC(C)=O)CC1. The first-order valence-corrected chi connectivity index (χ1v) is 6.20. The Morgan fingerprint density at radius 3 is 2.41 bits per heavy atom. The summed E-state index contributed by atoms with van der Waals surface area (Å²) in [7, 11) is 1.43. The molecule has 1 saturated carbocycles. The molecule has 2 N–H and O–H groups in total. The van der Waals surface area contributed by atoms with Crippen molar-refractivity contribution in [3.8, 4) is 0 Å². The minimum atomic E-state index is -0.122. The number of rotatable bonds is 5. The Labute approximate surface area is 102 Å². The molecule has 1 aliphatic rings. The topological polar surface area (TPSA) is 67.4 Å². The highest BCUT2D eigenvalue weighted by Gasteiger charge is 2.21. The van der Waals surface area contributed by atoms with Crippen LogP contribution in [0, 0.1) is 5.92 Å². The van der Waals surface area contributed by atoms with E-state index >= 15 is 0 Å². The molecule has 0 aromatic rings. The molecule has 1 amide bonds. The van der Waals surface area contributed by atoms with Gasteiger partial charge in [-0.2, -0.15) is 0 Å². The fourth-order valence-electron chi connectivity index (χ4n) is 2.22. The van der Waals surface area contributed by atoms with Crippen LogP contribution in [0.2, 0.25) is 0 Å². The van der Waals surface area contributed by atoms with E-state index < -0.39 is 0 Å². The first-order chi connectivity index (χ1) is 8.11. The number of nitrogens with one attached hydrogen (secondary N) is 2. The second-order valence-electron chi connectivity index (χ2n) is 4.66. The lowest BCUT2D eigenvalue weighted by molar-refractivity contribution is -0.141. The summed E-state index contributed by atoms with van der Waals surface area (Å²) in [6, 6.07) is 0.369. The molecule has 5 heteroatoms. The summed E-state index contributed by atoms with van der Waals surface area (Å²) in [4.78, 5) is 21.8. The molecule has 98 valence electrons. The van der Waals surface area contributed by atoms with Crippen molar-refractivity contribution >= 4 is 11.9 Å². The van der Waals surface area contributed by atoms with Crippen molar-refractivity contribution in [3.05, 3.63) is 0 Å². The van der Waals surface area contributed by atoms with Crippen molar-refractivity contribution in [3.63, 3.8) is 0 Å². The molecule has 5 nitrogen and oxygen atoms in total. The van der Waals surface area contributed by atoms with Gasteiger partial charge in [-0.1, -0.05) is 0 Å². The standard InChI is InChI=1S/C12H22N2O3/c1-9(15)13-14-11-6-3-10(4-7-11)5-8-12(16)17-2/h10-11,14H,3-8H2,1-2H3,(H,13,15). The highest BCUT2D eigenvalue weighted by molar-refractivity contribution is 5.72. The number of methoxy groups -OCH3 is 1. The van der Waals surface area contributed by atoms with Gasteiger partial charge in [-0.15, -0.1) is 0 Å². The van der Waals surface area contributed by atoms with E-state index in [2.05, 4.69) is 15.6 Å². The molecule has 0 unspecified atom stereocenters. The molecule has 0 aliphatic heterocycles. The molecule has 0 aromatic heterocycles. The van der Waals surface area contributed by atoms with E-state index in [9.17, 15) is 9.59 Å². The number of carbonyl (C=O) groups is 2. The maximum Gasteiger partial charge on any atom is 0.305 e. The van der Waals surface area contributed by atoms with Gasteiger partial charge in [-0.3, -0.25) is 15.0 Å². The molecule has 0 atom stereocenters. The highest BCUT2D eigenvalue weighted by Crippen LogP contribution is 2.27. The molecular weight excluding hydrogens is 220 g/mol. The fourth-order valence-corrected chi connectivity index (χ4v) is 2.22. The van der Waals surface area contributed by atoms with E-state index in [4.69, 9.17) is 0 Å². The summed E-state index contributed by atoms with van der Waals surface area (Å²) in [5.74, 6) is 0.436. The van der Waals surface area contributed by atoms with Crippen LogP contribution in [0.4, 0.5) is 0 Å². The Kier molecular flexibility index (Phi) is 5.97. The number of hydrogen-bond acceptors (Lipinski definition) is 4. The summed E-state index contributed by atoms with van der Waals surface area (Å²) in [6.45, 7) is 1.50. The second kappa shape index (κ2) is 7.27. The predicted octanol–water partition coefficient (Wildman–Crippen LogP) is 1.14. The van der Waals surface area contributed by atoms with E-state index in [1.54, 1.807) is 0 Å². The first kappa shape index (κ1) is 14.0. The number of amides is 1. The Bertz CT molecular complexity index is 260. The van der Waals surface area contributed by atoms with Gasteiger partial charge >= 0.3 is 5.97 Å². The zero-order valence-corrected chi connectivity index (χ0v) is 10.6. The molecule has 1 aliphatic carbocycles. The summed E-state index contributed by atoms with van der Waals surface area (Å²) in [6.07, 6.45) is 5.74. The van der Waals surface area contributed by atoms with Gasteiger partial charge in [0.15, 0.2) is 0 Å². The Hall–Kier alpha value is -1.10. The lowest BCUT2D eigenvalue weighted by Gasteiger charge is -2.28. The predicted molar refractivity (Wildman–Crippen MR) is 63.9 cm³/mol. The average molecular weight is 242 g/mol. The summed E-state index contributed by atoms with van der Waals surface area (Å²) in [5.41, 5.74) is 5.65. The van der Waals surface area contributed by atoms with Crippen LogP contribution in [0.1, 0.15) is 45.4 Å². The van der Waals surface area contributed by atoms with Crippen LogP contribution < -0.4 is 10.9 Å². The van der Waals surface area contributed by atoms with Crippen LogP contribution in [0.3, 0.4) is 0 Å². The van der Waals surface area contributed by atoms with Gasteiger partial charge in [0.05, 0.1) is 7.11 Å². The van der Waals surface area contributed by atoms with Crippen molar-refractivity contribution in [1.82, 2.24) is 10.9 Å². The molecule has 1 rings (SSSR count). The van der Waals surface area contributed by atoms with Gasteiger partial charge in [-0.25, -0.2) is 5.43 Å². The highest BCUT2D eigenvalue weighted by atomic mass is 16.5. The Morgan fingerprint density at radius 2 is 1.88 bits per heavy atom. The van der Waals surface area contributed by atoms with Crippen LogP contribution in [0.25, 0.3) is 0 Å². The zero-order valence-electron chi connectivity index (χ0n) is 10.6. The number of esters is 1. The van der Waals surface area contributed by atoms with Crippen molar-refractivity contribution in [2.24, 2.45) is 5.92 Å². The molecule has 0 saturated heterocycles. The van der Waals surface area contributed by atoms with Crippen molar-refractivity contribution in [1.29, 1.82) is 0 Å². The normalized spacial score (nSPS) is 24.1. The molecule has 0 heterocycles. The minimum Gasteiger partial charge on any atom is -0.469 e. The van der Waals surface area contributed by atoms with Crippen molar-refractivity contribution in [2.45, 2.75) is 51.5 Å². The van der Waals surface area contributed by atoms with E-state index in [0.29, 0.717) is 18.4 Å². The molecule has 17 heavy (non-hydrogen) atoms. The van der Waals surface area contributed by atoms with E-state index in [1.807, 2.05) is 0 Å². The van der Waals surface area contributed by atoms with Crippen molar-refractivity contribution in [2.75, 3.05) is 7.11 Å². The van der Waals surface area contributed by atoms with Gasteiger partial charge in [0.1, 0.15) is 0 Å². The number of hydrazine groups is 1. The van der Waals surface area contributed by atoms with Gasteiger partial charge in [-0.05, 0) is 38.0 Å². The molecule has 0 bridgehead atoms. The molecule has 0 aromatic carbocycles. The Morgan fingerprint density at radius 1 is 1.24 bits per heavy atom. The van der Waals surface area contributed by atoms with Crippen LogP contribution in [0.15, 0.2) is 0 Å². The maximum atomic E-state index is 11.0. The molecule has 0 spiro atoms. The summed E-state index contributed by atoms with van der Waals surface area (Å²) < 4.78 is 4.63. The van der Waals surface area contributed by atoms with Gasteiger partial charge < -0.3 is 4.74 Å². The third-order valence-electron chi connectivity index (χ3n) is 3.28. The minimum absolute atomic E-state index is 0.0576. The van der Waals surface area contributed by atoms with Crippen molar-refractivity contribution < 1.29 is 14.3 Å². The number of ether oxygens (including phenoxy) is 1. The largest absolute Gasteiger partial charge is 0.469 e. The second-order valence-corrected chi connectivity index (χ2v) is 4.66.